The van der Waals surface area contributed by atoms with Gasteiger partial charge in [-0.3, -0.25) is 9.59 Å². The van der Waals surface area contributed by atoms with Gasteiger partial charge >= 0.3 is 0 Å². The molecule has 1 fully saturated rings. The maximum atomic E-state index is 12.6. The second-order valence-electron chi connectivity index (χ2n) is 5.98. The Hall–Kier alpha value is -2.53. The number of carbonyl (C=O) groups is 2. The molecule has 0 spiro atoms. The first kappa shape index (κ1) is 17.3. The van der Waals surface area contributed by atoms with Crippen molar-refractivity contribution in [3.63, 3.8) is 0 Å². The van der Waals surface area contributed by atoms with Crippen molar-refractivity contribution in [1.29, 1.82) is 0 Å². The molecule has 0 aromatic heterocycles. The molecule has 2 aromatic carbocycles. The third kappa shape index (κ3) is 3.61. The van der Waals surface area contributed by atoms with Crippen LogP contribution in [0.5, 0.6) is 5.75 Å². The third-order valence-electron chi connectivity index (χ3n) is 4.35. The second kappa shape index (κ2) is 7.15. The minimum absolute atomic E-state index is 0.203. The second-order valence-corrected chi connectivity index (χ2v) is 6.39. The Balaban J connectivity index is 1.70. The number of carbonyl (C=O) groups excluding carboxylic acids is 2. The molecule has 1 atom stereocenters. The molecule has 1 saturated heterocycles. The van der Waals surface area contributed by atoms with E-state index in [0.717, 1.165) is 11.3 Å². The molecule has 2 aromatic rings. The van der Waals surface area contributed by atoms with E-state index in [2.05, 4.69) is 5.32 Å². The fourth-order valence-electron chi connectivity index (χ4n) is 2.83. The lowest BCUT2D eigenvalue weighted by atomic mass is 10.1. The topological polar surface area (TPSA) is 58.6 Å². The number of rotatable bonds is 4. The Morgan fingerprint density at radius 1 is 1.24 bits per heavy atom. The van der Waals surface area contributed by atoms with Crippen LogP contribution in [0.15, 0.2) is 42.5 Å². The average molecular weight is 359 g/mol. The van der Waals surface area contributed by atoms with Gasteiger partial charge in [-0.2, -0.15) is 0 Å². The summed E-state index contributed by atoms with van der Waals surface area (Å²) in [6.07, 6.45) is 0.478. The van der Waals surface area contributed by atoms with Crippen LogP contribution in [0.3, 0.4) is 0 Å². The summed E-state index contributed by atoms with van der Waals surface area (Å²) in [4.78, 5) is 26.7. The first-order valence-electron chi connectivity index (χ1n) is 8.02. The van der Waals surface area contributed by atoms with Crippen LogP contribution in [0.25, 0.3) is 0 Å². The Bertz CT molecular complexity index is 805. The molecule has 0 bridgehead atoms. The van der Waals surface area contributed by atoms with Gasteiger partial charge in [-0.1, -0.05) is 17.7 Å². The zero-order chi connectivity index (χ0) is 18.0. The summed E-state index contributed by atoms with van der Waals surface area (Å²) in [6.45, 7) is 2.40. The summed E-state index contributed by atoms with van der Waals surface area (Å²) in [5.74, 6) is -0.485. The lowest BCUT2D eigenvalue weighted by Crippen LogP contribution is -2.33. The molecule has 5 nitrogen and oxygen atoms in total. The number of hydrogen-bond donors (Lipinski definition) is 1. The zero-order valence-electron chi connectivity index (χ0n) is 14.1. The summed E-state index contributed by atoms with van der Waals surface area (Å²) in [7, 11) is 1.58. The molecular formula is C19H19ClN2O3. The van der Waals surface area contributed by atoms with E-state index in [9.17, 15) is 9.59 Å². The average Bonchev–Trinajstić information content (AvgIpc) is 2.99. The molecule has 1 aliphatic rings. The SMILES string of the molecule is COc1ccc(NC(=O)C2CCN(c3ccc(C)c(Cl)c3)C2=O)cc1. The van der Waals surface area contributed by atoms with Crippen molar-refractivity contribution >= 4 is 34.8 Å². The van der Waals surface area contributed by atoms with Gasteiger partial charge in [-0.05, 0) is 55.3 Å². The number of ether oxygens (including phenoxy) is 1. The van der Waals surface area contributed by atoms with E-state index in [0.29, 0.717) is 29.4 Å². The van der Waals surface area contributed by atoms with E-state index < -0.39 is 5.92 Å². The van der Waals surface area contributed by atoms with E-state index >= 15 is 0 Å². The number of aryl methyl sites for hydroxylation is 1. The highest BCUT2D eigenvalue weighted by Crippen LogP contribution is 2.29. The predicted octanol–water partition coefficient (Wildman–Crippen LogP) is 3.65. The first-order chi connectivity index (χ1) is 12.0. The van der Waals surface area contributed by atoms with Gasteiger partial charge in [0.2, 0.25) is 11.8 Å². The van der Waals surface area contributed by atoms with Crippen LogP contribution in [-0.2, 0) is 9.59 Å². The highest BCUT2D eigenvalue weighted by atomic mass is 35.5. The van der Waals surface area contributed by atoms with Gasteiger partial charge in [0.05, 0.1) is 7.11 Å². The minimum Gasteiger partial charge on any atom is -0.497 e. The van der Waals surface area contributed by atoms with Crippen LogP contribution in [-0.4, -0.2) is 25.5 Å². The standard InChI is InChI=1S/C19H19ClN2O3/c1-12-3-6-14(11-17(12)20)22-10-9-16(19(22)24)18(23)21-13-4-7-15(25-2)8-5-13/h3-8,11,16H,9-10H2,1-2H3,(H,21,23). The molecule has 0 radical (unpaired) electrons. The van der Waals surface area contributed by atoms with Crippen LogP contribution in [0.4, 0.5) is 11.4 Å². The molecule has 1 unspecified atom stereocenters. The zero-order valence-corrected chi connectivity index (χ0v) is 14.8. The van der Waals surface area contributed by atoms with Crippen LogP contribution in [0.1, 0.15) is 12.0 Å². The summed E-state index contributed by atoms with van der Waals surface area (Å²) >= 11 is 6.14. The van der Waals surface area contributed by atoms with Crippen LogP contribution in [0, 0.1) is 12.8 Å². The minimum atomic E-state index is -0.692. The Morgan fingerprint density at radius 3 is 2.60 bits per heavy atom. The largest absolute Gasteiger partial charge is 0.497 e. The Labute approximate surface area is 151 Å². The van der Waals surface area contributed by atoms with Crippen molar-refractivity contribution in [2.75, 3.05) is 23.9 Å². The highest BCUT2D eigenvalue weighted by molar-refractivity contribution is 6.31. The van der Waals surface area contributed by atoms with Gasteiger partial charge in [0.15, 0.2) is 0 Å². The number of amides is 2. The van der Waals surface area contributed by atoms with Crippen LogP contribution in [0.2, 0.25) is 5.02 Å². The Morgan fingerprint density at radius 2 is 1.96 bits per heavy atom. The number of nitrogens with one attached hydrogen (secondary N) is 1. The Kier molecular flexibility index (Phi) is 4.95. The number of hydrogen-bond acceptors (Lipinski definition) is 3. The molecule has 3 rings (SSSR count). The number of halogens is 1. The predicted molar refractivity (Wildman–Crippen MR) is 98.3 cm³/mol. The summed E-state index contributed by atoms with van der Waals surface area (Å²) in [5.41, 5.74) is 2.31. The van der Waals surface area contributed by atoms with Crippen molar-refractivity contribution < 1.29 is 14.3 Å². The van der Waals surface area contributed by atoms with Crippen molar-refractivity contribution in [2.24, 2.45) is 5.92 Å². The van der Waals surface area contributed by atoms with Gasteiger partial charge < -0.3 is 15.0 Å². The molecule has 1 aliphatic heterocycles. The van der Waals surface area contributed by atoms with E-state index in [-0.39, 0.29) is 11.8 Å². The molecule has 0 saturated carbocycles. The normalized spacial score (nSPS) is 16.8. The van der Waals surface area contributed by atoms with Gasteiger partial charge in [0.25, 0.3) is 0 Å². The molecule has 1 heterocycles. The van der Waals surface area contributed by atoms with Gasteiger partial charge in [-0.15, -0.1) is 0 Å². The van der Waals surface area contributed by atoms with Gasteiger partial charge in [0.1, 0.15) is 11.7 Å². The van der Waals surface area contributed by atoms with Crippen LogP contribution >= 0.6 is 11.6 Å². The number of nitrogens with zero attached hydrogens (tertiary/aromatic N) is 1. The molecule has 0 aliphatic carbocycles. The number of benzene rings is 2. The molecule has 130 valence electrons. The lowest BCUT2D eigenvalue weighted by molar-refractivity contribution is -0.129. The fraction of sp³-hybridized carbons (Fsp3) is 0.263. The maximum Gasteiger partial charge on any atom is 0.239 e. The quantitative estimate of drug-likeness (QED) is 0.849. The fourth-order valence-corrected chi connectivity index (χ4v) is 3.01. The van der Waals surface area contributed by atoms with Crippen molar-refractivity contribution in [1.82, 2.24) is 0 Å². The summed E-state index contributed by atoms with van der Waals surface area (Å²) in [5, 5.41) is 3.40. The molecule has 25 heavy (non-hydrogen) atoms. The van der Waals surface area contributed by atoms with E-state index in [1.807, 2.05) is 19.1 Å². The van der Waals surface area contributed by atoms with Crippen LogP contribution < -0.4 is 15.0 Å². The van der Waals surface area contributed by atoms with E-state index in [1.165, 1.54) is 0 Å². The maximum absolute atomic E-state index is 12.6. The number of methoxy groups -OCH3 is 1. The van der Waals surface area contributed by atoms with Gasteiger partial charge in [-0.25, -0.2) is 0 Å². The van der Waals surface area contributed by atoms with Crippen molar-refractivity contribution in [3.8, 4) is 5.75 Å². The van der Waals surface area contributed by atoms with Gasteiger partial charge in [0, 0.05) is 22.9 Å². The van der Waals surface area contributed by atoms with E-state index in [1.54, 1.807) is 42.3 Å². The highest BCUT2D eigenvalue weighted by Gasteiger charge is 2.37. The summed E-state index contributed by atoms with van der Waals surface area (Å²) < 4.78 is 5.09. The lowest BCUT2D eigenvalue weighted by Gasteiger charge is -2.17. The smallest absolute Gasteiger partial charge is 0.239 e. The monoisotopic (exact) mass is 358 g/mol. The molecular weight excluding hydrogens is 340 g/mol. The first-order valence-corrected chi connectivity index (χ1v) is 8.40. The third-order valence-corrected chi connectivity index (χ3v) is 4.75. The van der Waals surface area contributed by atoms with E-state index in [4.69, 9.17) is 16.3 Å². The molecule has 6 heteroatoms. The number of anilines is 2. The van der Waals surface area contributed by atoms with Crippen molar-refractivity contribution in [3.05, 3.63) is 53.1 Å². The molecule has 2 amide bonds. The molecule has 1 N–H and O–H groups in total. The summed E-state index contributed by atoms with van der Waals surface area (Å²) in [6, 6.07) is 12.5. The van der Waals surface area contributed by atoms with Crippen molar-refractivity contribution in [2.45, 2.75) is 13.3 Å².